The van der Waals surface area contributed by atoms with Gasteiger partial charge in [-0.1, -0.05) is 12.1 Å². The molecule has 0 amide bonds. The molecular formula is C14H17NO2. The molecule has 0 unspecified atom stereocenters. The zero-order valence-corrected chi connectivity index (χ0v) is 10.2. The van der Waals surface area contributed by atoms with Crippen molar-refractivity contribution < 1.29 is 9.15 Å². The van der Waals surface area contributed by atoms with Crippen LogP contribution in [0.4, 0.5) is 5.69 Å². The zero-order chi connectivity index (χ0) is 12.1. The van der Waals surface area contributed by atoms with Crippen LogP contribution in [0.1, 0.15) is 17.1 Å². The highest BCUT2D eigenvalue weighted by molar-refractivity contribution is 5.45. The smallest absolute Gasteiger partial charge is 0.123 e. The van der Waals surface area contributed by atoms with E-state index in [1.165, 1.54) is 0 Å². The van der Waals surface area contributed by atoms with Gasteiger partial charge in [0.25, 0.3) is 0 Å². The monoisotopic (exact) mass is 231 g/mol. The van der Waals surface area contributed by atoms with Gasteiger partial charge in [-0.3, -0.25) is 0 Å². The van der Waals surface area contributed by atoms with Crippen LogP contribution in [-0.4, -0.2) is 7.11 Å². The molecule has 0 fully saturated rings. The number of rotatable bonds is 5. The summed E-state index contributed by atoms with van der Waals surface area (Å²) in [7, 11) is 1.70. The molecule has 0 saturated heterocycles. The van der Waals surface area contributed by atoms with Gasteiger partial charge in [-0.05, 0) is 36.8 Å². The minimum absolute atomic E-state index is 0.634. The number of aryl methyl sites for hydroxylation is 1. The molecule has 3 nitrogen and oxygen atoms in total. The quantitative estimate of drug-likeness (QED) is 0.857. The van der Waals surface area contributed by atoms with Crippen molar-refractivity contribution in [2.24, 2.45) is 0 Å². The molecule has 0 saturated carbocycles. The topological polar surface area (TPSA) is 34.4 Å². The molecule has 0 spiro atoms. The van der Waals surface area contributed by atoms with E-state index in [1.807, 2.05) is 37.3 Å². The maximum Gasteiger partial charge on any atom is 0.123 e. The van der Waals surface area contributed by atoms with Crippen LogP contribution in [0.25, 0.3) is 0 Å². The third kappa shape index (κ3) is 3.36. The first-order valence-electron chi connectivity index (χ1n) is 5.65. The number of furan rings is 1. The van der Waals surface area contributed by atoms with Crippen molar-refractivity contribution in [2.45, 2.75) is 20.1 Å². The van der Waals surface area contributed by atoms with Crippen LogP contribution < -0.4 is 5.32 Å². The maximum atomic E-state index is 5.50. The van der Waals surface area contributed by atoms with Gasteiger partial charge in [-0.15, -0.1) is 0 Å². The molecule has 0 radical (unpaired) electrons. The second-order valence-corrected chi connectivity index (χ2v) is 4.00. The zero-order valence-electron chi connectivity index (χ0n) is 10.2. The summed E-state index contributed by atoms with van der Waals surface area (Å²) in [6, 6.07) is 12.1. The summed E-state index contributed by atoms with van der Waals surface area (Å²) in [6.07, 6.45) is 0. The van der Waals surface area contributed by atoms with Crippen LogP contribution in [-0.2, 0) is 17.9 Å². The highest BCUT2D eigenvalue weighted by Crippen LogP contribution is 2.14. The van der Waals surface area contributed by atoms with E-state index in [0.717, 1.165) is 22.8 Å². The van der Waals surface area contributed by atoms with Crippen LogP contribution in [0.3, 0.4) is 0 Å². The predicted molar refractivity (Wildman–Crippen MR) is 67.9 cm³/mol. The molecule has 0 bridgehead atoms. The Labute approximate surface area is 101 Å². The Morgan fingerprint density at radius 3 is 2.82 bits per heavy atom. The van der Waals surface area contributed by atoms with E-state index in [1.54, 1.807) is 7.11 Å². The van der Waals surface area contributed by atoms with Gasteiger partial charge < -0.3 is 14.5 Å². The fraction of sp³-hybridized carbons (Fsp3) is 0.286. The standard InChI is InChI=1S/C14H17NO2/c1-11-6-7-14(17-11)9-15-13-5-3-4-12(8-13)10-16-2/h3-8,15H,9-10H2,1-2H3. The number of benzene rings is 1. The summed E-state index contributed by atoms with van der Waals surface area (Å²) < 4.78 is 10.6. The number of ether oxygens (including phenoxy) is 1. The Bertz CT molecular complexity index is 477. The fourth-order valence-electron chi connectivity index (χ4n) is 1.71. The van der Waals surface area contributed by atoms with E-state index in [9.17, 15) is 0 Å². The summed E-state index contributed by atoms with van der Waals surface area (Å²) in [4.78, 5) is 0. The molecule has 1 aromatic heterocycles. The number of methoxy groups -OCH3 is 1. The van der Waals surface area contributed by atoms with E-state index >= 15 is 0 Å². The Morgan fingerprint density at radius 2 is 2.12 bits per heavy atom. The molecule has 1 heterocycles. The van der Waals surface area contributed by atoms with Crippen LogP contribution in [0.2, 0.25) is 0 Å². The number of hydrogen-bond donors (Lipinski definition) is 1. The second-order valence-electron chi connectivity index (χ2n) is 4.00. The molecular weight excluding hydrogens is 214 g/mol. The summed E-state index contributed by atoms with van der Waals surface area (Å²) in [5, 5.41) is 3.32. The number of anilines is 1. The first-order valence-corrected chi connectivity index (χ1v) is 5.65. The molecule has 3 heteroatoms. The van der Waals surface area contributed by atoms with Crippen LogP contribution in [0, 0.1) is 6.92 Å². The van der Waals surface area contributed by atoms with Gasteiger partial charge >= 0.3 is 0 Å². The van der Waals surface area contributed by atoms with Crippen molar-refractivity contribution in [1.82, 2.24) is 0 Å². The lowest BCUT2D eigenvalue weighted by atomic mass is 10.2. The minimum Gasteiger partial charge on any atom is -0.465 e. The first-order chi connectivity index (χ1) is 8.28. The maximum absolute atomic E-state index is 5.50. The lowest BCUT2D eigenvalue weighted by molar-refractivity contribution is 0.185. The van der Waals surface area contributed by atoms with E-state index in [-0.39, 0.29) is 0 Å². The van der Waals surface area contributed by atoms with Crippen LogP contribution in [0.15, 0.2) is 40.8 Å². The molecule has 1 aromatic carbocycles. The third-order valence-corrected chi connectivity index (χ3v) is 2.50. The molecule has 2 rings (SSSR count). The van der Waals surface area contributed by atoms with Gasteiger partial charge in [0, 0.05) is 12.8 Å². The van der Waals surface area contributed by atoms with Gasteiger partial charge in [-0.2, -0.15) is 0 Å². The molecule has 90 valence electrons. The SMILES string of the molecule is COCc1cccc(NCc2ccc(C)o2)c1. The Morgan fingerprint density at radius 1 is 1.24 bits per heavy atom. The molecule has 0 aliphatic carbocycles. The van der Waals surface area contributed by atoms with Crippen molar-refractivity contribution in [1.29, 1.82) is 0 Å². The highest BCUT2D eigenvalue weighted by Gasteiger charge is 1.99. The summed E-state index contributed by atoms with van der Waals surface area (Å²) in [5.41, 5.74) is 2.24. The van der Waals surface area contributed by atoms with Crippen molar-refractivity contribution in [3.63, 3.8) is 0 Å². The molecule has 0 aliphatic heterocycles. The van der Waals surface area contributed by atoms with Gasteiger partial charge in [0.2, 0.25) is 0 Å². The Hall–Kier alpha value is -1.74. The predicted octanol–water partition coefficient (Wildman–Crippen LogP) is 3.35. The molecule has 0 aliphatic rings. The summed E-state index contributed by atoms with van der Waals surface area (Å²) >= 11 is 0. The van der Waals surface area contributed by atoms with E-state index < -0.39 is 0 Å². The minimum atomic E-state index is 0.634. The number of nitrogens with one attached hydrogen (secondary N) is 1. The van der Waals surface area contributed by atoms with Crippen molar-refractivity contribution >= 4 is 5.69 Å². The lowest BCUT2D eigenvalue weighted by Crippen LogP contribution is -1.99. The van der Waals surface area contributed by atoms with Crippen molar-refractivity contribution in [2.75, 3.05) is 12.4 Å². The van der Waals surface area contributed by atoms with E-state index in [0.29, 0.717) is 13.2 Å². The molecule has 0 atom stereocenters. The largest absolute Gasteiger partial charge is 0.465 e. The van der Waals surface area contributed by atoms with Crippen molar-refractivity contribution in [3.05, 3.63) is 53.5 Å². The highest BCUT2D eigenvalue weighted by atomic mass is 16.5. The molecule has 17 heavy (non-hydrogen) atoms. The van der Waals surface area contributed by atoms with Gasteiger partial charge in [0.1, 0.15) is 11.5 Å². The van der Waals surface area contributed by atoms with Gasteiger partial charge in [0.15, 0.2) is 0 Å². The van der Waals surface area contributed by atoms with Gasteiger partial charge in [-0.25, -0.2) is 0 Å². The lowest BCUT2D eigenvalue weighted by Gasteiger charge is -2.06. The van der Waals surface area contributed by atoms with Gasteiger partial charge in [0.05, 0.1) is 13.2 Å². The fourth-order valence-corrected chi connectivity index (χ4v) is 1.71. The molecule has 1 N–H and O–H groups in total. The first kappa shape index (κ1) is 11.7. The van der Waals surface area contributed by atoms with Crippen LogP contribution >= 0.6 is 0 Å². The Balaban J connectivity index is 1.96. The normalized spacial score (nSPS) is 10.5. The Kier molecular flexibility index (Phi) is 3.83. The average Bonchev–Trinajstić information content (AvgIpc) is 2.74. The van der Waals surface area contributed by atoms with E-state index in [2.05, 4.69) is 11.4 Å². The second kappa shape index (κ2) is 5.55. The molecule has 2 aromatic rings. The van der Waals surface area contributed by atoms with Crippen molar-refractivity contribution in [3.8, 4) is 0 Å². The van der Waals surface area contributed by atoms with Crippen LogP contribution in [0.5, 0.6) is 0 Å². The number of hydrogen-bond acceptors (Lipinski definition) is 3. The average molecular weight is 231 g/mol. The van der Waals surface area contributed by atoms with E-state index in [4.69, 9.17) is 9.15 Å². The summed E-state index contributed by atoms with van der Waals surface area (Å²) in [6.45, 7) is 3.28. The third-order valence-electron chi connectivity index (χ3n) is 2.50. The summed E-state index contributed by atoms with van der Waals surface area (Å²) in [5.74, 6) is 1.88.